The van der Waals surface area contributed by atoms with Crippen LogP contribution in [0.15, 0.2) is 29.2 Å². The summed E-state index contributed by atoms with van der Waals surface area (Å²) in [6.45, 7) is 5.17. The molecule has 0 aromatic heterocycles. The Morgan fingerprint density at radius 1 is 0.875 bits per heavy atom. The quantitative estimate of drug-likeness (QED) is 0.737. The van der Waals surface area contributed by atoms with Gasteiger partial charge in [0, 0.05) is 36.8 Å². The molecule has 0 aliphatic heterocycles. The number of nitrogens with zero attached hydrogens (tertiary/aromatic N) is 1. The molecule has 0 spiro atoms. The minimum absolute atomic E-state index is 0.139. The fourth-order valence-corrected chi connectivity index (χ4v) is 4.24. The molecule has 130 valence electrons. The zero-order valence-electron chi connectivity index (χ0n) is 14.6. The Hall–Kier alpha value is -2.41. The highest BCUT2D eigenvalue weighted by molar-refractivity contribution is 7.92. The third-order valence-corrected chi connectivity index (χ3v) is 5.86. The van der Waals surface area contributed by atoms with Crippen LogP contribution in [0.5, 0.6) is 0 Å². The van der Waals surface area contributed by atoms with Crippen molar-refractivity contribution < 1.29 is 8.42 Å². The van der Waals surface area contributed by atoms with Crippen molar-refractivity contribution in [1.82, 2.24) is 0 Å². The molecule has 0 radical (unpaired) electrons. The van der Waals surface area contributed by atoms with Crippen LogP contribution in [0.25, 0.3) is 0 Å². The molecule has 0 aliphatic rings. The molecule has 7 heteroatoms. The Kier molecular flexibility index (Phi) is 4.66. The Morgan fingerprint density at radius 3 is 1.75 bits per heavy atom. The van der Waals surface area contributed by atoms with E-state index in [1.807, 2.05) is 31.1 Å². The van der Waals surface area contributed by atoms with Crippen molar-refractivity contribution in [1.29, 1.82) is 0 Å². The van der Waals surface area contributed by atoms with Gasteiger partial charge in [-0.15, -0.1) is 0 Å². The van der Waals surface area contributed by atoms with E-state index < -0.39 is 10.0 Å². The predicted molar refractivity (Wildman–Crippen MR) is 101 cm³/mol. The molecular formula is C17H24N4O2S. The summed E-state index contributed by atoms with van der Waals surface area (Å²) < 4.78 is 28.3. The Balaban J connectivity index is 2.48. The normalized spacial score (nSPS) is 11.4. The molecule has 24 heavy (non-hydrogen) atoms. The summed E-state index contributed by atoms with van der Waals surface area (Å²) >= 11 is 0. The van der Waals surface area contributed by atoms with E-state index in [-0.39, 0.29) is 4.90 Å². The van der Waals surface area contributed by atoms with E-state index in [1.54, 1.807) is 32.9 Å². The zero-order valence-corrected chi connectivity index (χ0v) is 15.5. The lowest BCUT2D eigenvalue weighted by molar-refractivity contribution is 0.600. The van der Waals surface area contributed by atoms with Crippen molar-refractivity contribution in [3.05, 3.63) is 41.0 Å². The maximum atomic E-state index is 12.8. The van der Waals surface area contributed by atoms with Gasteiger partial charge in [0.25, 0.3) is 10.0 Å². The van der Waals surface area contributed by atoms with Gasteiger partial charge in [-0.25, -0.2) is 8.42 Å². The van der Waals surface area contributed by atoms with E-state index in [0.717, 1.165) is 5.69 Å². The summed E-state index contributed by atoms with van der Waals surface area (Å²) in [5, 5.41) is 0. The van der Waals surface area contributed by atoms with Crippen LogP contribution in [-0.2, 0) is 10.0 Å². The highest BCUT2D eigenvalue weighted by atomic mass is 32.2. The molecule has 0 bridgehead atoms. The van der Waals surface area contributed by atoms with Gasteiger partial charge < -0.3 is 16.4 Å². The number of benzene rings is 2. The average Bonchev–Trinajstić information content (AvgIpc) is 2.51. The number of nitrogens with one attached hydrogen (secondary N) is 1. The van der Waals surface area contributed by atoms with Crippen molar-refractivity contribution in [3.63, 3.8) is 0 Å². The summed E-state index contributed by atoms with van der Waals surface area (Å²) in [5.41, 5.74) is 16.0. The first-order chi connectivity index (χ1) is 11.1. The van der Waals surface area contributed by atoms with Crippen LogP contribution in [0.4, 0.5) is 22.7 Å². The van der Waals surface area contributed by atoms with Gasteiger partial charge in [-0.05, 0) is 61.7 Å². The van der Waals surface area contributed by atoms with Gasteiger partial charge in [-0.1, -0.05) is 0 Å². The summed E-state index contributed by atoms with van der Waals surface area (Å²) in [6, 6.07) is 7.13. The van der Waals surface area contributed by atoms with Crippen LogP contribution < -0.4 is 21.1 Å². The van der Waals surface area contributed by atoms with Gasteiger partial charge in [0.15, 0.2) is 0 Å². The highest BCUT2D eigenvalue weighted by Crippen LogP contribution is 2.34. The number of sulfonamides is 1. The maximum Gasteiger partial charge on any atom is 0.262 e. The number of hydrogen-bond acceptors (Lipinski definition) is 5. The molecule has 5 N–H and O–H groups in total. The van der Waals surface area contributed by atoms with Crippen LogP contribution >= 0.6 is 0 Å². The summed E-state index contributed by atoms with van der Waals surface area (Å²) in [4.78, 5) is 2.08. The number of rotatable bonds is 4. The number of nitrogens with two attached hydrogens (primary N) is 2. The maximum absolute atomic E-state index is 12.8. The highest BCUT2D eigenvalue weighted by Gasteiger charge is 2.24. The van der Waals surface area contributed by atoms with Crippen LogP contribution in [0.1, 0.15) is 16.7 Å². The van der Waals surface area contributed by atoms with E-state index in [9.17, 15) is 8.42 Å². The first kappa shape index (κ1) is 17.9. The topological polar surface area (TPSA) is 101 Å². The molecule has 2 rings (SSSR count). The van der Waals surface area contributed by atoms with Gasteiger partial charge in [-0.3, -0.25) is 4.72 Å². The molecule has 0 aliphatic carbocycles. The SMILES string of the molecule is Cc1c(N)c(C)c(S(=O)(=O)Nc2ccc(N(C)C)cc2)c(C)c1N. The van der Waals surface area contributed by atoms with Crippen molar-refractivity contribution >= 4 is 32.8 Å². The molecule has 2 aromatic carbocycles. The fraction of sp³-hybridized carbons (Fsp3) is 0.294. The summed E-state index contributed by atoms with van der Waals surface area (Å²) in [6.07, 6.45) is 0. The third kappa shape index (κ3) is 3.12. The fourth-order valence-electron chi connectivity index (χ4n) is 2.67. The Morgan fingerprint density at radius 2 is 1.33 bits per heavy atom. The average molecular weight is 348 g/mol. The Bertz CT molecular complexity index is 843. The Labute approximate surface area is 143 Å². The number of anilines is 4. The van der Waals surface area contributed by atoms with Crippen LogP contribution in [-0.4, -0.2) is 22.5 Å². The lowest BCUT2D eigenvalue weighted by Gasteiger charge is -2.19. The summed E-state index contributed by atoms with van der Waals surface area (Å²) in [7, 11) is 0.0476. The van der Waals surface area contributed by atoms with E-state index >= 15 is 0 Å². The molecule has 0 heterocycles. The second-order valence-corrected chi connectivity index (χ2v) is 7.70. The van der Waals surface area contributed by atoms with Gasteiger partial charge in [-0.2, -0.15) is 0 Å². The summed E-state index contributed by atoms with van der Waals surface area (Å²) in [5.74, 6) is 0. The predicted octanol–water partition coefficient (Wildman–Crippen LogP) is 2.64. The molecule has 0 atom stereocenters. The van der Waals surface area contributed by atoms with Gasteiger partial charge >= 0.3 is 0 Å². The second-order valence-electron chi connectivity index (χ2n) is 6.08. The van der Waals surface area contributed by atoms with Crippen molar-refractivity contribution in [2.75, 3.05) is 35.2 Å². The monoisotopic (exact) mass is 348 g/mol. The molecule has 0 saturated carbocycles. The van der Waals surface area contributed by atoms with Crippen molar-refractivity contribution in [3.8, 4) is 0 Å². The largest absolute Gasteiger partial charge is 0.398 e. The van der Waals surface area contributed by atoms with E-state index in [4.69, 9.17) is 11.5 Å². The number of nitrogen functional groups attached to an aromatic ring is 2. The molecule has 0 saturated heterocycles. The molecule has 2 aromatic rings. The molecule has 6 nitrogen and oxygen atoms in total. The lowest BCUT2D eigenvalue weighted by Crippen LogP contribution is -2.18. The minimum atomic E-state index is -3.79. The zero-order chi connectivity index (χ0) is 18.2. The van der Waals surface area contributed by atoms with Gasteiger partial charge in [0.2, 0.25) is 0 Å². The first-order valence-corrected chi connectivity index (χ1v) is 8.99. The van der Waals surface area contributed by atoms with E-state index in [1.165, 1.54) is 0 Å². The second kappa shape index (κ2) is 6.24. The van der Waals surface area contributed by atoms with Gasteiger partial charge in [0.05, 0.1) is 4.90 Å². The first-order valence-electron chi connectivity index (χ1n) is 7.51. The van der Waals surface area contributed by atoms with Crippen LogP contribution in [0, 0.1) is 20.8 Å². The van der Waals surface area contributed by atoms with E-state index in [0.29, 0.717) is 33.8 Å². The van der Waals surface area contributed by atoms with Gasteiger partial charge in [0.1, 0.15) is 0 Å². The van der Waals surface area contributed by atoms with Crippen molar-refractivity contribution in [2.24, 2.45) is 0 Å². The van der Waals surface area contributed by atoms with E-state index in [2.05, 4.69) is 4.72 Å². The van der Waals surface area contributed by atoms with Crippen LogP contribution in [0.3, 0.4) is 0 Å². The smallest absolute Gasteiger partial charge is 0.262 e. The lowest BCUT2D eigenvalue weighted by atomic mass is 10.0. The molecule has 0 unspecified atom stereocenters. The standard InChI is InChI=1S/C17H24N4O2S/c1-10-15(18)11(2)17(12(3)16(10)19)24(22,23)20-13-6-8-14(9-7-13)21(4)5/h6-9,20H,18-19H2,1-5H3. The molecular weight excluding hydrogens is 324 g/mol. The van der Waals surface area contributed by atoms with Crippen LogP contribution in [0.2, 0.25) is 0 Å². The minimum Gasteiger partial charge on any atom is -0.398 e. The third-order valence-electron chi connectivity index (χ3n) is 4.20. The molecule has 0 amide bonds. The number of hydrogen-bond donors (Lipinski definition) is 3. The molecule has 0 fully saturated rings. The van der Waals surface area contributed by atoms with Crippen molar-refractivity contribution in [2.45, 2.75) is 25.7 Å².